The predicted molar refractivity (Wildman–Crippen MR) is 66.2 cm³/mol. The molecular formula is C14H17NO. The first-order valence-corrected chi connectivity index (χ1v) is 5.63. The van der Waals surface area contributed by atoms with Crippen molar-refractivity contribution in [2.24, 2.45) is 4.99 Å². The molecule has 0 saturated carbocycles. The average molecular weight is 215 g/mol. The van der Waals surface area contributed by atoms with Crippen molar-refractivity contribution in [3.05, 3.63) is 33.9 Å². The van der Waals surface area contributed by atoms with Gasteiger partial charge in [0.2, 0.25) is 0 Å². The minimum atomic E-state index is 0.184. The summed E-state index contributed by atoms with van der Waals surface area (Å²) in [6.07, 6.45) is 0.469. The Labute approximate surface area is 96.4 Å². The van der Waals surface area contributed by atoms with E-state index in [1.165, 1.54) is 27.8 Å². The van der Waals surface area contributed by atoms with Gasteiger partial charge in [-0.3, -0.25) is 9.79 Å². The zero-order valence-electron chi connectivity index (χ0n) is 10.3. The van der Waals surface area contributed by atoms with E-state index in [4.69, 9.17) is 0 Å². The molecular weight excluding hydrogens is 198 g/mol. The van der Waals surface area contributed by atoms with Gasteiger partial charge in [0.05, 0.1) is 12.3 Å². The van der Waals surface area contributed by atoms with Gasteiger partial charge in [-0.1, -0.05) is 6.07 Å². The molecule has 0 amide bonds. The van der Waals surface area contributed by atoms with Crippen LogP contribution in [0.25, 0.3) is 0 Å². The number of Topliss-reactive ketones (excluding diaryl/α,β-unsaturated/α-hetero) is 1. The summed E-state index contributed by atoms with van der Waals surface area (Å²) in [7, 11) is 0. The van der Waals surface area contributed by atoms with E-state index in [1.807, 2.05) is 0 Å². The summed E-state index contributed by atoms with van der Waals surface area (Å²) < 4.78 is 0. The summed E-state index contributed by atoms with van der Waals surface area (Å²) in [5, 5.41) is 0. The molecule has 1 aromatic carbocycles. The van der Waals surface area contributed by atoms with Crippen LogP contribution in [-0.2, 0) is 11.3 Å². The van der Waals surface area contributed by atoms with Crippen LogP contribution in [0.15, 0.2) is 11.1 Å². The standard InChI is InChI=1S/C14H17NO/c1-8-5-12-7-15-13(6-9(2)16)14(12)11(4)10(8)3/h5H,6-7H2,1-4H3. The SMILES string of the molecule is CC(=O)CC1=NCc2cc(C)c(C)c(C)c21. The highest BCUT2D eigenvalue weighted by Gasteiger charge is 2.20. The lowest BCUT2D eigenvalue weighted by Gasteiger charge is -2.12. The number of nitrogens with zero attached hydrogens (tertiary/aromatic N) is 1. The first kappa shape index (κ1) is 11.1. The maximum absolute atomic E-state index is 11.2. The number of ketones is 1. The Hall–Kier alpha value is -1.44. The highest BCUT2D eigenvalue weighted by molar-refractivity contribution is 6.13. The lowest BCUT2D eigenvalue weighted by molar-refractivity contribution is -0.115. The Kier molecular flexibility index (Phi) is 2.66. The van der Waals surface area contributed by atoms with Gasteiger partial charge in [-0.25, -0.2) is 0 Å². The second-order valence-electron chi connectivity index (χ2n) is 4.62. The Balaban J connectivity index is 2.51. The monoisotopic (exact) mass is 215 g/mol. The van der Waals surface area contributed by atoms with Crippen LogP contribution in [0, 0.1) is 20.8 Å². The molecule has 0 radical (unpaired) electrons. The van der Waals surface area contributed by atoms with Crippen LogP contribution < -0.4 is 0 Å². The van der Waals surface area contributed by atoms with Crippen LogP contribution >= 0.6 is 0 Å². The summed E-state index contributed by atoms with van der Waals surface area (Å²) in [6.45, 7) is 8.75. The van der Waals surface area contributed by atoms with Gasteiger partial charge in [-0.2, -0.15) is 0 Å². The van der Waals surface area contributed by atoms with E-state index in [0.717, 1.165) is 12.3 Å². The van der Waals surface area contributed by atoms with E-state index in [9.17, 15) is 4.79 Å². The van der Waals surface area contributed by atoms with E-state index >= 15 is 0 Å². The molecule has 2 rings (SSSR count). The zero-order valence-corrected chi connectivity index (χ0v) is 10.3. The normalized spacial score (nSPS) is 13.6. The maximum Gasteiger partial charge on any atom is 0.135 e. The number of hydrogen-bond donors (Lipinski definition) is 0. The van der Waals surface area contributed by atoms with Crippen molar-refractivity contribution in [2.45, 2.75) is 40.7 Å². The number of hydrogen-bond acceptors (Lipinski definition) is 2. The van der Waals surface area contributed by atoms with Crippen LogP contribution in [0.5, 0.6) is 0 Å². The largest absolute Gasteiger partial charge is 0.300 e. The molecule has 0 N–H and O–H groups in total. The Morgan fingerprint density at radius 3 is 2.62 bits per heavy atom. The molecule has 1 aliphatic heterocycles. The van der Waals surface area contributed by atoms with Crippen LogP contribution in [0.1, 0.15) is 41.2 Å². The molecule has 2 heteroatoms. The first-order chi connectivity index (χ1) is 7.50. The minimum Gasteiger partial charge on any atom is -0.300 e. The third-order valence-corrected chi connectivity index (χ3v) is 3.39. The molecule has 0 unspecified atom stereocenters. The molecule has 84 valence electrons. The number of carbonyl (C=O) groups excluding carboxylic acids is 1. The molecule has 0 spiro atoms. The summed E-state index contributed by atoms with van der Waals surface area (Å²) in [4.78, 5) is 15.7. The second kappa shape index (κ2) is 3.85. The highest BCUT2D eigenvalue weighted by atomic mass is 16.1. The number of fused-ring (bicyclic) bond motifs is 1. The Morgan fingerprint density at radius 1 is 1.31 bits per heavy atom. The van der Waals surface area contributed by atoms with E-state index in [-0.39, 0.29) is 5.78 Å². The molecule has 0 fully saturated rings. The lowest BCUT2D eigenvalue weighted by atomic mass is 9.91. The fourth-order valence-corrected chi connectivity index (χ4v) is 2.33. The quantitative estimate of drug-likeness (QED) is 0.746. The van der Waals surface area contributed by atoms with Crippen molar-refractivity contribution in [1.29, 1.82) is 0 Å². The summed E-state index contributed by atoms with van der Waals surface area (Å²) in [5.74, 6) is 0.184. The van der Waals surface area contributed by atoms with Gasteiger partial charge in [0.15, 0.2) is 0 Å². The van der Waals surface area contributed by atoms with E-state index in [0.29, 0.717) is 6.42 Å². The van der Waals surface area contributed by atoms with Gasteiger partial charge in [-0.15, -0.1) is 0 Å². The van der Waals surface area contributed by atoms with E-state index < -0.39 is 0 Å². The molecule has 0 saturated heterocycles. The van der Waals surface area contributed by atoms with Crippen molar-refractivity contribution >= 4 is 11.5 Å². The number of carbonyl (C=O) groups is 1. The number of rotatable bonds is 2. The molecule has 0 bridgehead atoms. The molecule has 1 aliphatic rings. The van der Waals surface area contributed by atoms with E-state index in [1.54, 1.807) is 6.92 Å². The van der Waals surface area contributed by atoms with E-state index in [2.05, 4.69) is 31.8 Å². The zero-order chi connectivity index (χ0) is 11.9. The number of benzene rings is 1. The van der Waals surface area contributed by atoms with Crippen molar-refractivity contribution in [1.82, 2.24) is 0 Å². The fourth-order valence-electron chi connectivity index (χ4n) is 2.33. The van der Waals surface area contributed by atoms with Crippen molar-refractivity contribution in [3.63, 3.8) is 0 Å². The molecule has 16 heavy (non-hydrogen) atoms. The molecule has 0 atom stereocenters. The van der Waals surface area contributed by atoms with Gasteiger partial charge in [0.25, 0.3) is 0 Å². The van der Waals surface area contributed by atoms with Crippen LogP contribution in [0.3, 0.4) is 0 Å². The molecule has 1 aromatic rings. The van der Waals surface area contributed by atoms with Gasteiger partial charge in [0.1, 0.15) is 5.78 Å². The summed E-state index contributed by atoms with van der Waals surface area (Å²) >= 11 is 0. The number of aryl methyl sites for hydroxylation is 1. The van der Waals surface area contributed by atoms with Crippen LogP contribution in [0.4, 0.5) is 0 Å². The topological polar surface area (TPSA) is 29.4 Å². The molecule has 0 aliphatic carbocycles. The average Bonchev–Trinajstić information content (AvgIpc) is 2.57. The second-order valence-corrected chi connectivity index (χ2v) is 4.62. The van der Waals surface area contributed by atoms with Crippen LogP contribution in [0.2, 0.25) is 0 Å². The lowest BCUT2D eigenvalue weighted by Crippen LogP contribution is -2.08. The third kappa shape index (κ3) is 1.69. The molecule has 2 nitrogen and oxygen atoms in total. The highest BCUT2D eigenvalue weighted by Crippen LogP contribution is 2.28. The summed E-state index contributed by atoms with van der Waals surface area (Å²) in [6, 6.07) is 2.20. The minimum absolute atomic E-state index is 0.184. The first-order valence-electron chi connectivity index (χ1n) is 5.63. The Bertz CT molecular complexity index is 498. The van der Waals surface area contributed by atoms with Gasteiger partial charge >= 0.3 is 0 Å². The van der Waals surface area contributed by atoms with Gasteiger partial charge in [0, 0.05) is 12.0 Å². The Morgan fingerprint density at radius 2 is 2.00 bits per heavy atom. The maximum atomic E-state index is 11.2. The molecule has 1 heterocycles. The van der Waals surface area contributed by atoms with Crippen LogP contribution in [-0.4, -0.2) is 11.5 Å². The fraction of sp³-hybridized carbons (Fsp3) is 0.429. The smallest absolute Gasteiger partial charge is 0.135 e. The van der Waals surface area contributed by atoms with Crippen molar-refractivity contribution in [2.75, 3.05) is 0 Å². The van der Waals surface area contributed by atoms with Crippen molar-refractivity contribution in [3.8, 4) is 0 Å². The third-order valence-electron chi connectivity index (χ3n) is 3.39. The van der Waals surface area contributed by atoms with Gasteiger partial charge in [-0.05, 0) is 49.9 Å². The number of aliphatic imine (C=N–C) groups is 1. The molecule has 0 aromatic heterocycles. The summed E-state index contributed by atoms with van der Waals surface area (Å²) in [5.41, 5.74) is 7.39. The van der Waals surface area contributed by atoms with Crippen molar-refractivity contribution < 1.29 is 4.79 Å². The predicted octanol–water partition coefficient (Wildman–Crippen LogP) is 2.89. The van der Waals surface area contributed by atoms with Gasteiger partial charge < -0.3 is 0 Å².